The number of H-pyrrole nitrogens is 2. The van der Waals surface area contributed by atoms with E-state index in [1.54, 1.807) is 6.07 Å². The normalized spacial score (nSPS) is 14.2. The molecule has 1 amide bonds. The van der Waals surface area contributed by atoms with Crippen LogP contribution in [0.5, 0.6) is 0 Å². The van der Waals surface area contributed by atoms with Gasteiger partial charge in [-0.1, -0.05) is 6.07 Å². The van der Waals surface area contributed by atoms with Crippen LogP contribution in [0.2, 0.25) is 0 Å². The molecule has 10 heteroatoms. The highest BCUT2D eigenvalue weighted by molar-refractivity contribution is 6.09. The van der Waals surface area contributed by atoms with Gasteiger partial charge in [0.1, 0.15) is 5.70 Å². The van der Waals surface area contributed by atoms with E-state index in [9.17, 15) is 19.2 Å². The molecule has 10 nitrogen and oxygen atoms in total. The van der Waals surface area contributed by atoms with Gasteiger partial charge in [-0.05, 0) is 12.1 Å². The summed E-state index contributed by atoms with van der Waals surface area (Å²) in [5.74, 6) is -1.22. The van der Waals surface area contributed by atoms with E-state index in [0.29, 0.717) is 0 Å². The second-order valence-electron chi connectivity index (χ2n) is 5.56. The fourth-order valence-corrected chi connectivity index (χ4v) is 2.82. The van der Waals surface area contributed by atoms with Crippen LogP contribution in [-0.4, -0.2) is 58.9 Å². The minimum absolute atomic E-state index is 0.0316. The number of rotatable bonds is 5. The van der Waals surface area contributed by atoms with Gasteiger partial charge in [-0.3, -0.25) is 24.6 Å². The number of nitrogens with zero attached hydrogens (tertiary/aromatic N) is 1. The van der Waals surface area contributed by atoms with Gasteiger partial charge in [0.05, 0.1) is 42.3 Å². The molecule has 0 unspecified atom stereocenters. The Morgan fingerprint density at radius 3 is 2.69 bits per heavy atom. The van der Waals surface area contributed by atoms with Crippen LogP contribution in [0.15, 0.2) is 39.1 Å². The van der Waals surface area contributed by atoms with E-state index < -0.39 is 23.0 Å². The Kier molecular flexibility index (Phi) is 4.59. The van der Waals surface area contributed by atoms with Crippen LogP contribution >= 0.6 is 0 Å². The molecule has 136 valence electrons. The number of aliphatic hydroxyl groups is 1. The van der Waals surface area contributed by atoms with E-state index >= 15 is 0 Å². The number of ether oxygens (including phenoxy) is 1. The number of esters is 1. The third kappa shape index (κ3) is 2.86. The number of aromatic amines is 2. The number of aliphatic hydroxyl groups excluding tert-OH is 1. The molecule has 4 N–H and O–H groups in total. The summed E-state index contributed by atoms with van der Waals surface area (Å²) in [5, 5.41) is 16.5. The lowest BCUT2D eigenvalue weighted by atomic mass is 10.1. The van der Waals surface area contributed by atoms with Crippen molar-refractivity contribution in [1.29, 1.82) is 0 Å². The number of nitrogens with one attached hydrogen (secondary N) is 3. The van der Waals surface area contributed by atoms with Crippen LogP contribution in [-0.2, 0) is 14.3 Å². The first kappa shape index (κ1) is 17.4. The summed E-state index contributed by atoms with van der Waals surface area (Å²) in [6.45, 7) is -0.257. The maximum atomic E-state index is 12.6. The zero-order valence-electron chi connectivity index (χ0n) is 13.8. The standard InChI is InChI=1S/C16H16N4O6/c1-26-16(25)9-7-20(5-6-21)15(24)12(9)17-10-4-2-3-8-11(10)14(23)19-18-13(8)22/h2-4,17,21H,5-7H2,1H3,(H,18,22)(H,19,23). The Balaban J connectivity index is 2.12. The van der Waals surface area contributed by atoms with Crippen molar-refractivity contribution in [3.05, 3.63) is 50.2 Å². The predicted molar refractivity (Wildman–Crippen MR) is 91.5 cm³/mol. The molecule has 0 radical (unpaired) electrons. The van der Waals surface area contributed by atoms with Crippen LogP contribution in [0.25, 0.3) is 10.8 Å². The van der Waals surface area contributed by atoms with E-state index in [0.717, 1.165) is 0 Å². The van der Waals surface area contributed by atoms with Crippen molar-refractivity contribution < 1.29 is 19.4 Å². The van der Waals surface area contributed by atoms with Crippen LogP contribution in [0.4, 0.5) is 5.69 Å². The van der Waals surface area contributed by atoms with Crippen molar-refractivity contribution in [2.45, 2.75) is 0 Å². The van der Waals surface area contributed by atoms with Crippen LogP contribution in [0.3, 0.4) is 0 Å². The van der Waals surface area contributed by atoms with E-state index in [4.69, 9.17) is 9.84 Å². The van der Waals surface area contributed by atoms with Gasteiger partial charge in [-0.15, -0.1) is 0 Å². The van der Waals surface area contributed by atoms with Gasteiger partial charge in [0.15, 0.2) is 0 Å². The minimum Gasteiger partial charge on any atom is -0.466 e. The number of fused-ring (bicyclic) bond motifs is 1. The monoisotopic (exact) mass is 360 g/mol. The minimum atomic E-state index is -0.701. The highest BCUT2D eigenvalue weighted by Crippen LogP contribution is 2.25. The molecule has 3 rings (SSSR count). The fraction of sp³-hybridized carbons (Fsp3) is 0.250. The van der Waals surface area contributed by atoms with Crippen molar-refractivity contribution in [1.82, 2.24) is 15.1 Å². The third-order valence-corrected chi connectivity index (χ3v) is 4.04. The number of hydrogen-bond acceptors (Lipinski definition) is 7. The fourth-order valence-electron chi connectivity index (χ4n) is 2.82. The molecule has 1 aromatic carbocycles. The lowest BCUT2D eigenvalue weighted by Gasteiger charge is -2.15. The summed E-state index contributed by atoms with van der Waals surface area (Å²) < 4.78 is 4.71. The number of hydrogen-bond donors (Lipinski definition) is 4. The summed E-state index contributed by atoms with van der Waals surface area (Å²) in [7, 11) is 1.19. The second-order valence-corrected chi connectivity index (χ2v) is 5.56. The molecule has 2 heterocycles. The number of carbonyl (C=O) groups excluding carboxylic acids is 2. The van der Waals surface area contributed by atoms with Crippen LogP contribution in [0, 0.1) is 0 Å². The highest BCUT2D eigenvalue weighted by atomic mass is 16.5. The Bertz CT molecular complexity index is 1030. The predicted octanol–water partition coefficient (Wildman–Crippen LogP) is -1.11. The van der Waals surface area contributed by atoms with E-state index in [2.05, 4.69) is 15.5 Å². The molecular weight excluding hydrogens is 344 g/mol. The number of amides is 1. The molecular formula is C16H16N4O6. The molecule has 2 aromatic rings. The van der Waals surface area contributed by atoms with Gasteiger partial charge >= 0.3 is 5.97 Å². The molecule has 1 aromatic heterocycles. The van der Waals surface area contributed by atoms with Gasteiger partial charge in [-0.2, -0.15) is 0 Å². The van der Waals surface area contributed by atoms with Crippen LogP contribution < -0.4 is 16.4 Å². The molecule has 0 fully saturated rings. The van der Waals surface area contributed by atoms with Crippen molar-refractivity contribution in [3.63, 3.8) is 0 Å². The largest absolute Gasteiger partial charge is 0.466 e. The summed E-state index contributed by atoms with van der Waals surface area (Å²) >= 11 is 0. The van der Waals surface area contributed by atoms with Gasteiger partial charge in [-0.25, -0.2) is 4.79 Å². The lowest BCUT2D eigenvalue weighted by Crippen LogP contribution is -2.31. The zero-order chi connectivity index (χ0) is 18.8. The Labute approximate surface area is 146 Å². The maximum Gasteiger partial charge on any atom is 0.337 e. The van der Waals surface area contributed by atoms with E-state index in [1.165, 1.54) is 24.1 Å². The first-order valence-corrected chi connectivity index (χ1v) is 7.70. The van der Waals surface area contributed by atoms with Crippen LogP contribution in [0.1, 0.15) is 0 Å². The number of β-amino-alcohol motifs (C(OH)–C–C–N with tert-alkyl or cyclic N) is 1. The third-order valence-electron chi connectivity index (χ3n) is 4.04. The Hall–Kier alpha value is -3.40. The first-order valence-electron chi connectivity index (χ1n) is 7.70. The van der Waals surface area contributed by atoms with Crippen molar-refractivity contribution in [3.8, 4) is 0 Å². The lowest BCUT2D eigenvalue weighted by molar-refractivity contribution is -0.136. The summed E-state index contributed by atoms with van der Waals surface area (Å²) in [4.78, 5) is 49.9. The second kappa shape index (κ2) is 6.84. The van der Waals surface area contributed by atoms with Gasteiger partial charge in [0.2, 0.25) is 0 Å². The van der Waals surface area contributed by atoms with Gasteiger partial charge in [0.25, 0.3) is 17.0 Å². The molecule has 26 heavy (non-hydrogen) atoms. The quantitative estimate of drug-likeness (QED) is 0.495. The number of aromatic nitrogens is 2. The number of benzene rings is 1. The average Bonchev–Trinajstić information content (AvgIpc) is 2.94. The molecule has 0 bridgehead atoms. The molecule has 1 aliphatic heterocycles. The molecule has 0 saturated heterocycles. The number of carbonyl (C=O) groups is 2. The van der Waals surface area contributed by atoms with E-state index in [-0.39, 0.29) is 47.4 Å². The highest BCUT2D eigenvalue weighted by Gasteiger charge is 2.34. The number of methoxy groups -OCH3 is 1. The van der Waals surface area contributed by atoms with Gasteiger partial charge in [0, 0.05) is 6.54 Å². The summed E-state index contributed by atoms with van der Waals surface area (Å²) in [6, 6.07) is 4.53. The zero-order valence-corrected chi connectivity index (χ0v) is 13.8. The number of anilines is 1. The Morgan fingerprint density at radius 1 is 1.27 bits per heavy atom. The topological polar surface area (TPSA) is 145 Å². The summed E-state index contributed by atoms with van der Waals surface area (Å²) in [6.07, 6.45) is 0. The molecule has 0 aliphatic carbocycles. The summed E-state index contributed by atoms with van der Waals surface area (Å²) in [5.41, 5.74) is -0.835. The smallest absolute Gasteiger partial charge is 0.337 e. The molecule has 0 atom stereocenters. The van der Waals surface area contributed by atoms with E-state index in [1.807, 2.05) is 0 Å². The maximum absolute atomic E-state index is 12.6. The molecule has 1 aliphatic rings. The Morgan fingerprint density at radius 2 is 2.00 bits per heavy atom. The van der Waals surface area contributed by atoms with Crippen molar-refractivity contribution >= 4 is 28.3 Å². The van der Waals surface area contributed by atoms with Crippen molar-refractivity contribution in [2.75, 3.05) is 32.1 Å². The van der Waals surface area contributed by atoms with Crippen molar-refractivity contribution in [2.24, 2.45) is 0 Å². The van der Waals surface area contributed by atoms with Gasteiger partial charge < -0.3 is 20.1 Å². The average molecular weight is 360 g/mol. The molecule has 0 spiro atoms. The molecule has 0 saturated carbocycles. The SMILES string of the molecule is COC(=O)C1=C(Nc2cccc3c(=O)[nH][nH]c(=O)c23)C(=O)N(CCO)C1. The first-order chi connectivity index (χ1) is 12.5.